The van der Waals surface area contributed by atoms with Gasteiger partial charge >= 0.3 is 0 Å². The van der Waals surface area contributed by atoms with Crippen molar-refractivity contribution < 1.29 is 9.32 Å². The van der Waals surface area contributed by atoms with E-state index in [0.29, 0.717) is 18.7 Å². The highest BCUT2D eigenvalue weighted by Gasteiger charge is 2.16. The maximum atomic E-state index is 11.4. The Kier molecular flexibility index (Phi) is 3.47. The highest BCUT2D eigenvalue weighted by molar-refractivity contribution is 5.76. The number of carbonyl (C=O) groups is 1. The Morgan fingerprint density at radius 1 is 1.67 bits per heavy atom. The maximum absolute atomic E-state index is 11.4. The van der Waals surface area contributed by atoms with Gasteiger partial charge < -0.3 is 15.6 Å². The van der Waals surface area contributed by atoms with Gasteiger partial charge in [-0.05, 0) is 20.8 Å². The zero-order valence-corrected chi connectivity index (χ0v) is 9.33. The number of aryl methyl sites for hydroxylation is 1. The molecule has 1 rings (SSSR count). The Bertz CT molecular complexity index is 339. The molecule has 1 amide bonds. The third-order valence-electron chi connectivity index (χ3n) is 1.75. The fourth-order valence-corrected chi connectivity index (χ4v) is 1.16. The number of nitrogens with two attached hydrogens (primary N) is 1. The number of rotatable bonds is 4. The van der Waals surface area contributed by atoms with Crippen molar-refractivity contribution in [1.82, 2.24) is 10.5 Å². The van der Waals surface area contributed by atoms with Crippen molar-refractivity contribution in [3.8, 4) is 0 Å². The first-order valence-corrected chi connectivity index (χ1v) is 4.84. The second-order valence-corrected chi connectivity index (χ2v) is 4.38. The van der Waals surface area contributed by atoms with E-state index in [1.807, 2.05) is 20.8 Å². The van der Waals surface area contributed by atoms with Crippen molar-refractivity contribution in [1.29, 1.82) is 0 Å². The quantitative estimate of drug-likeness (QED) is 0.769. The molecule has 1 aromatic heterocycles. The number of hydrogen-bond acceptors (Lipinski definition) is 4. The zero-order chi connectivity index (χ0) is 11.5. The van der Waals surface area contributed by atoms with E-state index in [0.717, 1.165) is 5.69 Å². The number of aromatic nitrogens is 1. The second-order valence-electron chi connectivity index (χ2n) is 4.38. The second kappa shape index (κ2) is 4.44. The minimum Gasteiger partial charge on any atom is -0.359 e. The van der Waals surface area contributed by atoms with Crippen molar-refractivity contribution in [2.75, 3.05) is 0 Å². The minimum absolute atomic E-state index is 0.0865. The molecule has 0 aliphatic rings. The van der Waals surface area contributed by atoms with Gasteiger partial charge in [0.15, 0.2) is 5.76 Å². The molecule has 0 saturated heterocycles. The van der Waals surface area contributed by atoms with Gasteiger partial charge in [-0.3, -0.25) is 4.79 Å². The molecule has 0 radical (unpaired) electrons. The van der Waals surface area contributed by atoms with Crippen molar-refractivity contribution in [3.63, 3.8) is 0 Å². The number of amides is 1. The topological polar surface area (TPSA) is 81.2 Å². The van der Waals surface area contributed by atoms with Crippen molar-refractivity contribution in [3.05, 3.63) is 17.5 Å². The summed E-state index contributed by atoms with van der Waals surface area (Å²) < 4.78 is 4.95. The number of nitrogens with one attached hydrogen (secondary N) is 1. The Morgan fingerprint density at radius 2 is 2.33 bits per heavy atom. The highest BCUT2D eigenvalue weighted by Crippen LogP contribution is 2.04. The lowest BCUT2D eigenvalue weighted by molar-refractivity contribution is -0.122. The standard InChI is InChI=1S/C10H17N3O2/c1-7-4-8(15-13-7)6-12-9(14)5-10(2,3)11/h4H,5-6,11H2,1-3H3,(H,12,14). The highest BCUT2D eigenvalue weighted by atomic mass is 16.5. The molecular formula is C10H17N3O2. The summed E-state index contributed by atoms with van der Waals surface area (Å²) in [7, 11) is 0. The molecule has 0 aliphatic carbocycles. The predicted octanol–water partition coefficient (Wildman–Crippen LogP) is 0.727. The summed E-state index contributed by atoms with van der Waals surface area (Å²) in [4.78, 5) is 11.4. The van der Waals surface area contributed by atoms with E-state index < -0.39 is 5.54 Å². The van der Waals surface area contributed by atoms with Crippen LogP contribution in [-0.2, 0) is 11.3 Å². The maximum Gasteiger partial charge on any atom is 0.222 e. The first kappa shape index (κ1) is 11.7. The average molecular weight is 211 g/mol. The smallest absolute Gasteiger partial charge is 0.222 e. The van der Waals surface area contributed by atoms with E-state index in [1.54, 1.807) is 6.07 Å². The van der Waals surface area contributed by atoms with Crippen LogP contribution in [0.3, 0.4) is 0 Å². The lowest BCUT2D eigenvalue weighted by Crippen LogP contribution is -2.38. The minimum atomic E-state index is -0.485. The third-order valence-corrected chi connectivity index (χ3v) is 1.75. The van der Waals surface area contributed by atoms with Gasteiger partial charge in [-0.1, -0.05) is 5.16 Å². The molecule has 0 bridgehead atoms. The third kappa shape index (κ3) is 4.60. The van der Waals surface area contributed by atoms with Crippen molar-refractivity contribution >= 4 is 5.91 Å². The van der Waals surface area contributed by atoms with E-state index in [2.05, 4.69) is 10.5 Å². The fourth-order valence-electron chi connectivity index (χ4n) is 1.16. The Hall–Kier alpha value is -1.36. The molecule has 0 spiro atoms. The van der Waals surface area contributed by atoms with Gasteiger partial charge in [-0.2, -0.15) is 0 Å². The molecule has 15 heavy (non-hydrogen) atoms. The lowest BCUT2D eigenvalue weighted by atomic mass is 10.0. The molecule has 0 atom stereocenters. The molecule has 1 heterocycles. The van der Waals surface area contributed by atoms with E-state index in [9.17, 15) is 4.79 Å². The molecule has 5 nitrogen and oxygen atoms in total. The lowest BCUT2D eigenvalue weighted by Gasteiger charge is -2.16. The molecule has 3 N–H and O–H groups in total. The SMILES string of the molecule is Cc1cc(CNC(=O)CC(C)(C)N)on1. The van der Waals surface area contributed by atoms with Crippen LogP contribution in [0.5, 0.6) is 0 Å². The molecule has 5 heteroatoms. The van der Waals surface area contributed by atoms with Crippen LogP contribution in [0, 0.1) is 6.92 Å². The van der Waals surface area contributed by atoms with E-state index in [-0.39, 0.29) is 5.91 Å². The molecule has 0 aliphatic heterocycles. The van der Waals surface area contributed by atoms with Crippen LogP contribution >= 0.6 is 0 Å². The zero-order valence-electron chi connectivity index (χ0n) is 9.33. The van der Waals surface area contributed by atoms with Crippen molar-refractivity contribution in [2.24, 2.45) is 5.73 Å². The first-order chi connectivity index (χ1) is 6.87. The average Bonchev–Trinajstić information content (AvgIpc) is 2.45. The van der Waals surface area contributed by atoms with Crippen molar-refractivity contribution in [2.45, 2.75) is 39.3 Å². The molecule has 1 aromatic rings. The molecular weight excluding hydrogens is 194 g/mol. The molecule has 0 aromatic carbocycles. The molecule has 84 valence electrons. The molecule has 0 saturated carbocycles. The summed E-state index contributed by atoms with van der Waals surface area (Å²) in [6, 6.07) is 1.79. The largest absolute Gasteiger partial charge is 0.359 e. The van der Waals surface area contributed by atoms with E-state index >= 15 is 0 Å². The summed E-state index contributed by atoms with van der Waals surface area (Å²) in [5.74, 6) is 0.562. The summed E-state index contributed by atoms with van der Waals surface area (Å²) in [6.45, 7) is 5.81. The Labute approximate surface area is 89.0 Å². The van der Waals surface area contributed by atoms with Gasteiger partial charge in [0, 0.05) is 18.0 Å². The van der Waals surface area contributed by atoms with Crippen LogP contribution in [0.4, 0.5) is 0 Å². The Balaban J connectivity index is 2.35. The monoisotopic (exact) mass is 211 g/mol. The number of nitrogens with zero attached hydrogens (tertiary/aromatic N) is 1. The summed E-state index contributed by atoms with van der Waals surface area (Å²) in [5.41, 5.74) is 6.03. The van der Waals surface area contributed by atoms with Gasteiger partial charge in [-0.15, -0.1) is 0 Å². The van der Waals surface area contributed by atoms with Crippen LogP contribution in [-0.4, -0.2) is 16.6 Å². The number of carbonyl (C=O) groups excluding carboxylic acids is 1. The van der Waals surface area contributed by atoms with E-state index in [1.165, 1.54) is 0 Å². The summed E-state index contributed by atoms with van der Waals surface area (Å²) in [5, 5.41) is 6.43. The summed E-state index contributed by atoms with van der Waals surface area (Å²) in [6.07, 6.45) is 0.292. The normalized spacial score (nSPS) is 11.5. The molecule has 0 unspecified atom stereocenters. The fraction of sp³-hybridized carbons (Fsp3) is 0.600. The van der Waals surface area contributed by atoms with Gasteiger partial charge in [0.05, 0.1) is 12.2 Å². The summed E-state index contributed by atoms with van der Waals surface area (Å²) >= 11 is 0. The van der Waals surface area contributed by atoms with Crippen LogP contribution in [0.1, 0.15) is 31.7 Å². The van der Waals surface area contributed by atoms with Crippen LogP contribution < -0.4 is 11.1 Å². The van der Waals surface area contributed by atoms with Gasteiger partial charge in [0.25, 0.3) is 0 Å². The van der Waals surface area contributed by atoms with Crippen LogP contribution in [0.2, 0.25) is 0 Å². The first-order valence-electron chi connectivity index (χ1n) is 4.84. The van der Waals surface area contributed by atoms with Crippen LogP contribution in [0.15, 0.2) is 10.6 Å². The van der Waals surface area contributed by atoms with Gasteiger partial charge in [0.1, 0.15) is 0 Å². The van der Waals surface area contributed by atoms with Gasteiger partial charge in [-0.25, -0.2) is 0 Å². The van der Waals surface area contributed by atoms with Gasteiger partial charge in [0.2, 0.25) is 5.91 Å². The number of hydrogen-bond donors (Lipinski definition) is 2. The Morgan fingerprint density at radius 3 is 2.80 bits per heavy atom. The predicted molar refractivity (Wildman–Crippen MR) is 56.0 cm³/mol. The van der Waals surface area contributed by atoms with Crippen LogP contribution in [0.25, 0.3) is 0 Å². The molecule has 0 fully saturated rings. The van der Waals surface area contributed by atoms with E-state index in [4.69, 9.17) is 10.3 Å².